The highest BCUT2D eigenvalue weighted by Crippen LogP contribution is 2.37. The van der Waals surface area contributed by atoms with Gasteiger partial charge in [-0.2, -0.15) is 0 Å². The Kier molecular flexibility index (Phi) is 5.20. The monoisotopic (exact) mass is 411 g/mol. The maximum absolute atomic E-state index is 12.8. The molecule has 2 N–H and O–H groups in total. The number of fused-ring (bicyclic) bond motifs is 1. The average molecular weight is 412 g/mol. The van der Waals surface area contributed by atoms with Crippen molar-refractivity contribution < 1.29 is 14.7 Å². The van der Waals surface area contributed by atoms with Crippen LogP contribution in [0, 0.1) is 5.92 Å². The molecule has 1 amide bonds. The van der Waals surface area contributed by atoms with Crippen LogP contribution >= 0.6 is 22.9 Å². The first-order chi connectivity index (χ1) is 13.5. The van der Waals surface area contributed by atoms with Crippen LogP contribution in [0.5, 0.6) is 0 Å². The van der Waals surface area contributed by atoms with E-state index in [0.717, 1.165) is 18.4 Å². The molecule has 6 heteroatoms. The van der Waals surface area contributed by atoms with Crippen molar-refractivity contribution in [1.82, 2.24) is 0 Å². The van der Waals surface area contributed by atoms with Gasteiger partial charge in [-0.05, 0) is 48.1 Å². The van der Waals surface area contributed by atoms with Crippen molar-refractivity contribution in [3.8, 4) is 11.1 Å². The molecule has 0 saturated carbocycles. The molecule has 0 fully saturated rings. The Morgan fingerprint density at radius 3 is 2.50 bits per heavy atom. The zero-order chi connectivity index (χ0) is 19.7. The maximum Gasteiger partial charge on any atom is 0.339 e. The van der Waals surface area contributed by atoms with E-state index in [1.54, 1.807) is 29.6 Å². The van der Waals surface area contributed by atoms with Crippen LogP contribution in [0.2, 0.25) is 5.02 Å². The van der Waals surface area contributed by atoms with Gasteiger partial charge in [0.1, 0.15) is 10.6 Å². The summed E-state index contributed by atoms with van der Waals surface area (Å²) in [5, 5.41) is 15.3. The van der Waals surface area contributed by atoms with E-state index >= 15 is 0 Å². The Morgan fingerprint density at radius 2 is 1.79 bits per heavy atom. The number of anilines is 1. The van der Waals surface area contributed by atoms with E-state index in [1.807, 2.05) is 12.1 Å². The van der Waals surface area contributed by atoms with Crippen LogP contribution in [0.4, 0.5) is 5.00 Å². The number of amides is 1. The van der Waals surface area contributed by atoms with Crippen LogP contribution in [0.15, 0.2) is 53.9 Å². The zero-order valence-electron chi connectivity index (χ0n) is 14.9. The number of carboxylic acid groups (broad SMARTS) is 1. The molecule has 0 unspecified atom stereocenters. The maximum atomic E-state index is 12.8. The van der Waals surface area contributed by atoms with E-state index in [-0.39, 0.29) is 17.4 Å². The van der Waals surface area contributed by atoms with Gasteiger partial charge < -0.3 is 10.4 Å². The van der Waals surface area contributed by atoms with Gasteiger partial charge in [-0.1, -0.05) is 48.0 Å². The third-order valence-corrected chi connectivity index (χ3v) is 6.26. The van der Waals surface area contributed by atoms with E-state index < -0.39 is 5.97 Å². The number of nitrogens with one attached hydrogen (secondary N) is 1. The average Bonchev–Trinajstić information content (AvgIpc) is 3.12. The number of carbonyl (C=O) groups excluding carboxylic acids is 1. The summed E-state index contributed by atoms with van der Waals surface area (Å²) < 4.78 is 0. The van der Waals surface area contributed by atoms with Gasteiger partial charge in [0.05, 0.1) is 0 Å². The SMILES string of the molecule is O=C(O)c1c(-c2ccc(Cl)cc2)csc1NC(=O)[C@@H]1CCc2ccccc2C1. The van der Waals surface area contributed by atoms with Gasteiger partial charge in [-0.15, -0.1) is 11.3 Å². The van der Waals surface area contributed by atoms with Gasteiger partial charge in [0.2, 0.25) is 5.91 Å². The molecule has 2 aromatic carbocycles. The molecular weight excluding hydrogens is 394 g/mol. The molecule has 28 heavy (non-hydrogen) atoms. The molecular formula is C22H18ClNO3S. The lowest BCUT2D eigenvalue weighted by molar-refractivity contribution is -0.120. The van der Waals surface area contributed by atoms with Gasteiger partial charge in [0, 0.05) is 21.9 Å². The number of aryl methyl sites for hydroxylation is 1. The number of hydrogen-bond acceptors (Lipinski definition) is 3. The molecule has 1 heterocycles. The van der Waals surface area contributed by atoms with Crippen molar-refractivity contribution in [2.75, 3.05) is 5.32 Å². The minimum absolute atomic E-state index is 0.122. The number of benzene rings is 2. The fraction of sp³-hybridized carbons (Fsp3) is 0.182. The highest BCUT2D eigenvalue weighted by Gasteiger charge is 2.27. The quantitative estimate of drug-likeness (QED) is 0.594. The predicted molar refractivity (Wildman–Crippen MR) is 112 cm³/mol. The Bertz CT molecular complexity index is 1040. The molecule has 1 aromatic heterocycles. The van der Waals surface area contributed by atoms with Gasteiger partial charge >= 0.3 is 5.97 Å². The second-order valence-corrected chi connectivity index (χ2v) is 8.18. The summed E-state index contributed by atoms with van der Waals surface area (Å²) in [5.74, 6) is -1.34. The topological polar surface area (TPSA) is 66.4 Å². The van der Waals surface area contributed by atoms with Gasteiger partial charge in [-0.25, -0.2) is 4.79 Å². The van der Waals surface area contributed by atoms with E-state index in [9.17, 15) is 14.7 Å². The van der Waals surface area contributed by atoms with Gasteiger partial charge in [0.25, 0.3) is 0 Å². The third-order valence-electron chi connectivity index (χ3n) is 5.11. The summed E-state index contributed by atoms with van der Waals surface area (Å²) in [5.41, 5.74) is 3.94. The van der Waals surface area contributed by atoms with E-state index in [0.29, 0.717) is 22.0 Å². The number of carbonyl (C=O) groups is 2. The Hall–Kier alpha value is -2.63. The van der Waals surface area contributed by atoms with Crippen LogP contribution in [-0.2, 0) is 17.6 Å². The van der Waals surface area contributed by atoms with Gasteiger partial charge in [-0.3, -0.25) is 4.79 Å². The Morgan fingerprint density at radius 1 is 1.07 bits per heavy atom. The number of thiophene rings is 1. The minimum atomic E-state index is -1.06. The second-order valence-electron chi connectivity index (χ2n) is 6.86. The summed E-state index contributed by atoms with van der Waals surface area (Å²) in [6.07, 6.45) is 2.31. The summed E-state index contributed by atoms with van der Waals surface area (Å²) in [6, 6.07) is 15.2. The van der Waals surface area contributed by atoms with Crippen molar-refractivity contribution in [3.05, 3.63) is 75.6 Å². The van der Waals surface area contributed by atoms with Crippen LogP contribution in [0.3, 0.4) is 0 Å². The number of hydrogen-bond donors (Lipinski definition) is 2. The Labute approximate surface area is 171 Å². The van der Waals surface area contributed by atoms with Crippen molar-refractivity contribution in [2.45, 2.75) is 19.3 Å². The normalized spacial score (nSPS) is 15.7. The van der Waals surface area contributed by atoms with E-state index in [4.69, 9.17) is 11.6 Å². The molecule has 0 spiro atoms. The largest absolute Gasteiger partial charge is 0.478 e. The number of halogens is 1. The summed E-state index contributed by atoms with van der Waals surface area (Å²) >= 11 is 7.16. The first-order valence-corrected chi connectivity index (χ1v) is 10.3. The molecule has 1 aliphatic rings. The van der Waals surface area contributed by atoms with E-state index in [1.165, 1.54) is 22.5 Å². The first kappa shape index (κ1) is 18.7. The third kappa shape index (κ3) is 3.68. The molecule has 0 saturated heterocycles. The predicted octanol–water partition coefficient (Wildman–Crippen LogP) is 5.51. The lowest BCUT2D eigenvalue weighted by atomic mass is 9.83. The van der Waals surface area contributed by atoms with Crippen LogP contribution in [-0.4, -0.2) is 17.0 Å². The molecule has 0 radical (unpaired) electrons. The second kappa shape index (κ2) is 7.78. The number of carboxylic acids is 1. The van der Waals surface area contributed by atoms with E-state index in [2.05, 4.69) is 17.4 Å². The van der Waals surface area contributed by atoms with Crippen LogP contribution in [0.25, 0.3) is 11.1 Å². The Balaban J connectivity index is 1.57. The van der Waals surface area contributed by atoms with Crippen molar-refractivity contribution in [2.24, 2.45) is 5.92 Å². The highest BCUT2D eigenvalue weighted by atomic mass is 35.5. The summed E-state index contributed by atoms with van der Waals surface area (Å²) in [4.78, 5) is 24.7. The molecule has 0 bridgehead atoms. The van der Waals surface area contributed by atoms with Crippen molar-refractivity contribution in [1.29, 1.82) is 0 Å². The molecule has 3 aromatic rings. The molecule has 1 atom stereocenters. The van der Waals surface area contributed by atoms with Crippen molar-refractivity contribution >= 4 is 39.8 Å². The number of rotatable bonds is 4. The highest BCUT2D eigenvalue weighted by molar-refractivity contribution is 7.15. The van der Waals surface area contributed by atoms with Crippen LogP contribution < -0.4 is 5.32 Å². The summed E-state index contributed by atoms with van der Waals surface area (Å²) in [6.45, 7) is 0. The fourth-order valence-corrected chi connectivity index (χ4v) is 4.73. The smallest absolute Gasteiger partial charge is 0.339 e. The molecule has 1 aliphatic carbocycles. The minimum Gasteiger partial charge on any atom is -0.478 e. The lowest BCUT2D eigenvalue weighted by Crippen LogP contribution is -2.28. The molecule has 4 rings (SSSR count). The fourth-order valence-electron chi connectivity index (χ4n) is 3.64. The van der Waals surface area contributed by atoms with Gasteiger partial charge in [0.15, 0.2) is 0 Å². The van der Waals surface area contributed by atoms with Crippen LogP contribution in [0.1, 0.15) is 27.9 Å². The zero-order valence-corrected chi connectivity index (χ0v) is 16.5. The lowest BCUT2D eigenvalue weighted by Gasteiger charge is -2.23. The number of aromatic carboxylic acids is 1. The first-order valence-electron chi connectivity index (χ1n) is 9.01. The standard InChI is InChI=1S/C22H18ClNO3S/c23-17-9-7-14(8-10-17)18-12-28-21(19(18)22(26)27)24-20(25)16-6-5-13-3-1-2-4-15(13)11-16/h1-4,7-10,12,16H,5-6,11H2,(H,24,25)(H,26,27)/t16-/m1/s1. The molecule has 142 valence electrons. The summed E-state index contributed by atoms with van der Waals surface area (Å²) in [7, 11) is 0. The molecule has 0 aliphatic heterocycles. The molecule has 4 nitrogen and oxygen atoms in total. The van der Waals surface area contributed by atoms with Crippen molar-refractivity contribution in [3.63, 3.8) is 0 Å².